The fraction of sp³-hybridized carbons (Fsp3) is 0.467. The van der Waals surface area contributed by atoms with Crippen LogP contribution in [0.5, 0.6) is 0 Å². The molecular formula is C15H19NO4. The Balaban J connectivity index is 2.11. The van der Waals surface area contributed by atoms with Crippen molar-refractivity contribution in [3.8, 4) is 0 Å². The van der Waals surface area contributed by atoms with E-state index < -0.39 is 5.97 Å². The van der Waals surface area contributed by atoms with E-state index in [1.54, 1.807) is 13.1 Å². The van der Waals surface area contributed by atoms with Crippen LogP contribution in [0.2, 0.25) is 0 Å². The highest BCUT2D eigenvalue weighted by atomic mass is 16.7. The molecule has 1 aliphatic rings. The van der Waals surface area contributed by atoms with Crippen molar-refractivity contribution in [2.24, 2.45) is 5.92 Å². The molecule has 0 heterocycles. The summed E-state index contributed by atoms with van der Waals surface area (Å²) in [6.45, 7) is 2.23. The number of hydrogen-bond acceptors (Lipinski definition) is 5. The zero-order valence-electron chi connectivity index (χ0n) is 11.8. The van der Waals surface area contributed by atoms with Gasteiger partial charge in [-0.3, -0.25) is 4.79 Å². The molecule has 5 heteroatoms. The number of hydrogen-bond donors (Lipinski definition) is 1. The van der Waals surface area contributed by atoms with Gasteiger partial charge in [0.1, 0.15) is 0 Å². The largest absolute Gasteiger partial charge is 0.466 e. The minimum atomic E-state index is -0.400. The molecule has 0 radical (unpaired) electrons. The number of hydroxylamine groups is 1. The average molecular weight is 277 g/mol. The first-order valence-corrected chi connectivity index (χ1v) is 6.82. The van der Waals surface area contributed by atoms with Gasteiger partial charge < -0.3 is 9.57 Å². The normalized spacial score (nSPS) is 17.2. The maximum atomic E-state index is 11.8. The van der Waals surface area contributed by atoms with Crippen LogP contribution in [0.3, 0.4) is 0 Å². The number of ether oxygens (including phenoxy) is 1. The molecule has 0 saturated carbocycles. The topological polar surface area (TPSA) is 64.6 Å². The zero-order chi connectivity index (χ0) is 14.5. The third kappa shape index (κ3) is 3.17. The molecule has 1 unspecified atom stereocenters. The second-order valence-electron chi connectivity index (χ2n) is 4.77. The van der Waals surface area contributed by atoms with E-state index >= 15 is 0 Å². The molecule has 1 aromatic rings. The number of nitrogens with one attached hydrogen (secondary N) is 1. The molecule has 1 aliphatic carbocycles. The minimum Gasteiger partial charge on any atom is -0.466 e. The molecule has 2 rings (SSSR count). The number of carbonyl (C=O) groups is 2. The van der Waals surface area contributed by atoms with E-state index in [9.17, 15) is 9.59 Å². The van der Waals surface area contributed by atoms with Gasteiger partial charge in [-0.1, -0.05) is 6.07 Å². The molecule has 0 aromatic heterocycles. The third-order valence-corrected chi connectivity index (χ3v) is 3.49. The summed E-state index contributed by atoms with van der Waals surface area (Å²) >= 11 is 0. The maximum Gasteiger partial charge on any atom is 0.356 e. The Morgan fingerprint density at radius 2 is 2.15 bits per heavy atom. The number of esters is 1. The van der Waals surface area contributed by atoms with Gasteiger partial charge in [-0.15, -0.1) is 0 Å². The van der Waals surface area contributed by atoms with Crippen molar-refractivity contribution < 1.29 is 19.2 Å². The lowest BCUT2D eigenvalue weighted by molar-refractivity contribution is -0.148. The lowest BCUT2D eigenvalue weighted by Gasteiger charge is -2.23. The summed E-state index contributed by atoms with van der Waals surface area (Å²) in [4.78, 5) is 28.1. The smallest absolute Gasteiger partial charge is 0.356 e. The van der Waals surface area contributed by atoms with Crippen LogP contribution in [0, 0.1) is 5.92 Å². The van der Waals surface area contributed by atoms with Gasteiger partial charge in [0.15, 0.2) is 0 Å². The highest BCUT2D eigenvalue weighted by Crippen LogP contribution is 2.27. The second-order valence-corrected chi connectivity index (χ2v) is 4.77. The van der Waals surface area contributed by atoms with Crippen molar-refractivity contribution in [1.82, 2.24) is 5.48 Å². The van der Waals surface area contributed by atoms with Crippen LogP contribution < -0.4 is 5.48 Å². The van der Waals surface area contributed by atoms with Crippen LogP contribution in [0.15, 0.2) is 18.2 Å². The van der Waals surface area contributed by atoms with Crippen LogP contribution in [0.1, 0.15) is 34.8 Å². The SMILES string of the molecule is CCOC(=O)C1CCc2cc(C(=O)ONC)ccc2C1. The Labute approximate surface area is 118 Å². The first-order chi connectivity index (χ1) is 9.65. The van der Waals surface area contributed by atoms with Crippen molar-refractivity contribution in [3.05, 3.63) is 34.9 Å². The fourth-order valence-electron chi connectivity index (χ4n) is 2.49. The Hall–Kier alpha value is -1.88. The van der Waals surface area contributed by atoms with Crippen LogP contribution in [0.4, 0.5) is 0 Å². The minimum absolute atomic E-state index is 0.0717. The average Bonchev–Trinajstić information content (AvgIpc) is 2.46. The van der Waals surface area contributed by atoms with E-state index in [2.05, 4.69) is 5.48 Å². The summed E-state index contributed by atoms with van der Waals surface area (Å²) in [7, 11) is 1.54. The molecule has 0 amide bonds. The van der Waals surface area contributed by atoms with Crippen LogP contribution in [-0.4, -0.2) is 25.6 Å². The molecule has 0 aliphatic heterocycles. The van der Waals surface area contributed by atoms with Gasteiger partial charge in [-0.05, 0) is 49.4 Å². The molecule has 1 aromatic carbocycles. The zero-order valence-corrected chi connectivity index (χ0v) is 11.8. The van der Waals surface area contributed by atoms with E-state index in [1.807, 2.05) is 19.1 Å². The highest BCUT2D eigenvalue weighted by molar-refractivity contribution is 5.89. The highest BCUT2D eigenvalue weighted by Gasteiger charge is 2.26. The summed E-state index contributed by atoms with van der Waals surface area (Å²) in [5, 5.41) is 0. The second kappa shape index (κ2) is 6.52. The molecular weight excluding hydrogens is 258 g/mol. The summed E-state index contributed by atoms with van der Waals surface area (Å²) < 4.78 is 5.07. The molecule has 5 nitrogen and oxygen atoms in total. The molecule has 0 spiro atoms. The third-order valence-electron chi connectivity index (χ3n) is 3.49. The molecule has 0 fully saturated rings. The van der Waals surface area contributed by atoms with E-state index in [0.29, 0.717) is 18.6 Å². The summed E-state index contributed by atoms with van der Waals surface area (Å²) in [5.74, 6) is -0.600. The van der Waals surface area contributed by atoms with E-state index in [0.717, 1.165) is 24.0 Å². The molecule has 1 atom stereocenters. The predicted octanol–water partition coefficient (Wildman–Crippen LogP) is 1.65. The number of benzene rings is 1. The van der Waals surface area contributed by atoms with Gasteiger partial charge in [0.25, 0.3) is 0 Å². The van der Waals surface area contributed by atoms with Gasteiger partial charge >= 0.3 is 11.9 Å². The quantitative estimate of drug-likeness (QED) is 0.669. The van der Waals surface area contributed by atoms with Crippen LogP contribution in [-0.2, 0) is 27.2 Å². The first-order valence-electron chi connectivity index (χ1n) is 6.82. The van der Waals surface area contributed by atoms with Gasteiger partial charge in [0, 0.05) is 7.05 Å². The number of carbonyl (C=O) groups excluding carboxylic acids is 2. The summed E-state index contributed by atoms with van der Waals surface area (Å²) in [6, 6.07) is 5.47. The van der Waals surface area contributed by atoms with Crippen LogP contribution >= 0.6 is 0 Å². The molecule has 0 saturated heterocycles. The number of rotatable bonds is 4. The molecule has 0 bridgehead atoms. The van der Waals surface area contributed by atoms with Gasteiger partial charge in [-0.25, -0.2) is 4.79 Å². The maximum absolute atomic E-state index is 11.8. The lowest BCUT2D eigenvalue weighted by atomic mass is 9.83. The van der Waals surface area contributed by atoms with E-state index in [1.165, 1.54) is 0 Å². The summed E-state index contributed by atoms with van der Waals surface area (Å²) in [5.41, 5.74) is 5.11. The van der Waals surface area contributed by atoms with Crippen molar-refractivity contribution in [3.63, 3.8) is 0 Å². The molecule has 20 heavy (non-hydrogen) atoms. The van der Waals surface area contributed by atoms with Crippen LogP contribution in [0.25, 0.3) is 0 Å². The van der Waals surface area contributed by atoms with Crippen molar-refractivity contribution >= 4 is 11.9 Å². The Morgan fingerprint density at radius 1 is 1.35 bits per heavy atom. The monoisotopic (exact) mass is 277 g/mol. The molecule has 1 N–H and O–H groups in total. The van der Waals surface area contributed by atoms with E-state index in [-0.39, 0.29) is 11.9 Å². The van der Waals surface area contributed by atoms with E-state index in [4.69, 9.17) is 9.57 Å². The Kier molecular flexibility index (Phi) is 4.74. The Bertz CT molecular complexity index is 513. The van der Waals surface area contributed by atoms with Gasteiger partial charge in [-0.2, -0.15) is 5.48 Å². The number of aryl methyl sites for hydroxylation is 1. The molecule has 108 valence electrons. The van der Waals surface area contributed by atoms with Crippen molar-refractivity contribution in [2.75, 3.05) is 13.7 Å². The first kappa shape index (κ1) is 14.5. The Morgan fingerprint density at radius 3 is 2.85 bits per heavy atom. The standard InChI is InChI=1S/C15H19NO4/c1-3-19-14(17)12-6-4-11-9-13(15(18)20-16-2)7-5-10(11)8-12/h5,7,9,12,16H,3-4,6,8H2,1-2H3. The van der Waals surface area contributed by atoms with Crippen molar-refractivity contribution in [2.45, 2.75) is 26.2 Å². The van der Waals surface area contributed by atoms with Gasteiger partial charge in [0.05, 0.1) is 18.1 Å². The van der Waals surface area contributed by atoms with Gasteiger partial charge in [0.2, 0.25) is 0 Å². The summed E-state index contributed by atoms with van der Waals surface area (Å²) in [6.07, 6.45) is 2.21. The fourth-order valence-corrected chi connectivity index (χ4v) is 2.49. The number of fused-ring (bicyclic) bond motifs is 1. The van der Waals surface area contributed by atoms with Crippen molar-refractivity contribution in [1.29, 1.82) is 0 Å². The predicted molar refractivity (Wildman–Crippen MR) is 73.1 cm³/mol. The lowest BCUT2D eigenvalue weighted by Crippen LogP contribution is -2.25.